The van der Waals surface area contributed by atoms with Crippen molar-refractivity contribution in [3.05, 3.63) is 60.2 Å². The minimum atomic E-state index is -0.0391. The van der Waals surface area contributed by atoms with Gasteiger partial charge in [0.15, 0.2) is 5.96 Å². The van der Waals surface area contributed by atoms with E-state index in [1.807, 2.05) is 24.3 Å². The lowest BCUT2D eigenvalue weighted by Gasteiger charge is -2.13. The molecular weight excluding hydrogens is 481 g/mol. The third-order valence-corrected chi connectivity index (χ3v) is 4.39. The molecule has 1 aromatic carbocycles. The van der Waals surface area contributed by atoms with Crippen LogP contribution in [-0.2, 0) is 17.6 Å². The molecule has 0 saturated carbocycles. The van der Waals surface area contributed by atoms with E-state index in [-0.39, 0.29) is 36.4 Å². The largest absolute Gasteiger partial charge is 0.469 e. The molecule has 0 radical (unpaired) electrons. The van der Waals surface area contributed by atoms with Crippen LogP contribution in [0.1, 0.15) is 11.5 Å². The monoisotopic (exact) mass is 509 g/mol. The summed E-state index contributed by atoms with van der Waals surface area (Å²) in [6.45, 7) is 1.48. The highest BCUT2D eigenvalue weighted by Crippen LogP contribution is 2.14. The number of rotatable bonds is 8. The van der Waals surface area contributed by atoms with E-state index < -0.39 is 0 Å². The molecule has 0 aliphatic carbocycles. The van der Waals surface area contributed by atoms with E-state index in [4.69, 9.17) is 4.42 Å². The van der Waals surface area contributed by atoms with Crippen LogP contribution in [0.25, 0.3) is 10.9 Å². The molecule has 0 spiro atoms. The van der Waals surface area contributed by atoms with Gasteiger partial charge >= 0.3 is 0 Å². The number of carbonyl (C=O) groups is 1. The van der Waals surface area contributed by atoms with Crippen molar-refractivity contribution in [3.8, 4) is 0 Å². The number of carbonyl (C=O) groups excluding carboxylic acids is 1. The lowest BCUT2D eigenvalue weighted by atomic mass is 10.2. The van der Waals surface area contributed by atoms with Crippen LogP contribution in [0.4, 0.5) is 0 Å². The number of likely N-dealkylation sites (N-methyl/N-ethyl adjacent to an activating group) is 1. The Kier molecular flexibility index (Phi) is 9.04. The maximum absolute atomic E-state index is 11.8. The van der Waals surface area contributed by atoms with Crippen LogP contribution in [0.2, 0.25) is 0 Å². The molecule has 0 unspecified atom stereocenters. The number of hydrogen-bond donors (Lipinski definition) is 3. The van der Waals surface area contributed by atoms with Gasteiger partial charge in [-0.2, -0.15) is 0 Å². The van der Waals surface area contributed by atoms with Gasteiger partial charge in [0.25, 0.3) is 0 Å². The van der Waals surface area contributed by atoms with Crippen molar-refractivity contribution >= 4 is 46.7 Å². The molecule has 0 saturated heterocycles. The van der Waals surface area contributed by atoms with Gasteiger partial charge in [0, 0.05) is 51.2 Å². The van der Waals surface area contributed by atoms with Crippen molar-refractivity contribution in [2.24, 2.45) is 4.99 Å². The number of aromatic amines is 1. The molecule has 3 rings (SSSR count). The number of benzene rings is 1. The minimum Gasteiger partial charge on any atom is -0.469 e. The van der Waals surface area contributed by atoms with Gasteiger partial charge < -0.3 is 24.9 Å². The second-order valence-corrected chi connectivity index (χ2v) is 6.77. The van der Waals surface area contributed by atoms with Crippen LogP contribution < -0.4 is 10.6 Å². The SMILES string of the molecule is CN(C)C(=O)CN=C(NCCc1cc2ccccc2[nH]1)NCCc1ccco1.I. The first kappa shape index (κ1) is 22.8. The van der Waals surface area contributed by atoms with E-state index in [1.54, 1.807) is 20.4 Å². The third-order valence-electron chi connectivity index (χ3n) is 4.39. The molecule has 2 heterocycles. The topological polar surface area (TPSA) is 85.7 Å². The predicted molar refractivity (Wildman–Crippen MR) is 127 cm³/mol. The van der Waals surface area contributed by atoms with E-state index in [2.05, 4.69) is 38.8 Å². The van der Waals surface area contributed by atoms with Gasteiger partial charge in [0.05, 0.1) is 6.26 Å². The number of amides is 1. The molecule has 8 heteroatoms. The highest BCUT2D eigenvalue weighted by atomic mass is 127. The summed E-state index contributed by atoms with van der Waals surface area (Å²) in [5.41, 5.74) is 2.30. The first-order valence-electron chi connectivity index (χ1n) is 9.43. The molecule has 3 aromatic rings. The van der Waals surface area contributed by atoms with Gasteiger partial charge in [0.2, 0.25) is 5.91 Å². The van der Waals surface area contributed by atoms with E-state index in [1.165, 1.54) is 10.3 Å². The van der Waals surface area contributed by atoms with Crippen molar-refractivity contribution in [2.45, 2.75) is 12.8 Å². The van der Waals surface area contributed by atoms with Crippen molar-refractivity contribution in [2.75, 3.05) is 33.7 Å². The number of para-hydroxylation sites is 1. The first-order chi connectivity index (χ1) is 13.6. The van der Waals surface area contributed by atoms with Crippen LogP contribution in [0.5, 0.6) is 0 Å². The zero-order valence-electron chi connectivity index (χ0n) is 16.8. The molecule has 1 amide bonds. The molecule has 156 valence electrons. The maximum Gasteiger partial charge on any atom is 0.243 e. The number of halogens is 1. The summed E-state index contributed by atoms with van der Waals surface area (Å²) in [5.74, 6) is 1.50. The number of H-pyrrole nitrogens is 1. The molecule has 0 aliphatic rings. The van der Waals surface area contributed by atoms with Crippen molar-refractivity contribution < 1.29 is 9.21 Å². The molecule has 0 aliphatic heterocycles. The summed E-state index contributed by atoms with van der Waals surface area (Å²) in [4.78, 5) is 21.2. The fraction of sp³-hybridized carbons (Fsp3) is 0.333. The second-order valence-electron chi connectivity index (χ2n) is 6.77. The number of nitrogens with one attached hydrogen (secondary N) is 3. The van der Waals surface area contributed by atoms with Gasteiger partial charge in [-0.15, -0.1) is 24.0 Å². The van der Waals surface area contributed by atoms with Crippen LogP contribution in [-0.4, -0.2) is 55.5 Å². The maximum atomic E-state index is 11.8. The highest BCUT2D eigenvalue weighted by Gasteiger charge is 2.06. The number of furan rings is 1. The number of fused-ring (bicyclic) bond motifs is 1. The van der Waals surface area contributed by atoms with Crippen LogP contribution in [0.15, 0.2) is 58.1 Å². The summed E-state index contributed by atoms with van der Waals surface area (Å²) in [6, 6.07) is 14.2. The molecule has 3 N–H and O–H groups in total. The van der Waals surface area contributed by atoms with Gasteiger partial charge in [-0.3, -0.25) is 4.79 Å². The van der Waals surface area contributed by atoms with Gasteiger partial charge in [0.1, 0.15) is 12.3 Å². The average molecular weight is 509 g/mol. The average Bonchev–Trinajstić information content (AvgIpc) is 3.34. The second kappa shape index (κ2) is 11.5. The summed E-state index contributed by atoms with van der Waals surface area (Å²) in [7, 11) is 3.45. The Balaban J connectivity index is 0.00000300. The van der Waals surface area contributed by atoms with Crippen molar-refractivity contribution in [1.82, 2.24) is 20.5 Å². The summed E-state index contributed by atoms with van der Waals surface area (Å²) in [6.07, 6.45) is 3.24. The Hall–Kier alpha value is -2.49. The predicted octanol–water partition coefficient (Wildman–Crippen LogP) is 2.79. The van der Waals surface area contributed by atoms with E-state index in [0.29, 0.717) is 19.0 Å². The molecular formula is C21H28IN5O2. The van der Waals surface area contributed by atoms with Gasteiger partial charge in [-0.1, -0.05) is 18.2 Å². The molecule has 0 fully saturated rings. The van der Waals surface area contributed by atoms with Crippen LogP contribution in [0.3, 0.4) is 0 Å². The Morgan fingerprint density at radius 1 is 1.10 bits per heavy atom. The minimum absolute atomic E-state index is 0. The Bertz CT molecular complexity index is 885. The molecule has 2 aromatic heterocycles. The summed E-state index contributed by atoms with van der Waals surface area (Å²) in [5, 5.41) is 7.78. The number of guanidine groups is 1. The summed E-state index contributed by atoms with van der Waals surface area (Å²) < 4.78 is 5.35. The smallest absolute Gasteiger partial charge is 0.243 e. The Morgan fingerprint density at radius 3 is 2.55 bits per heavy atom. The van der Waals surface area contributed by atoms with Gasteiger partial charge in [-0.05, 0) is 29.7 Å². The lowest BCUT2D eigenvalue weighted by molar-refractivity contribution is -0.127. The first-order valence-corrected chi connectivity index (χ1v) is 9.43. The quantitative estimate of drug-likeness (QED) is 0.248. The fourth-order valence-electron chi connectivity index (χ4n) is 2.81. The van der Waals surface area contributed by atoms with E-state index in [0.717, 1.165) is 29.8 Å². The molecule has 0 bridgehead atoms. The number of aromatic nitrogens is 1. The molecule has 0 atom stereocenters. The van der Waals surface area contributed by atoms with E-state index in [9.17, 15) is 4.79 Å². The standard InChI is InChI=1S/C21H27N5O2.HI/c1-26(2)20(27)15-24-21(23-12-10-18-7-5-13-28-18)22-11-9-17-14-16-6-3-4-8-19(16)25-17;/h3-8,13-14,25H,9-12,15H2,1-2H3,(H2,22,23,24);1H. The van der Waals surface area contributed by atoms with Crippen molar-refractivity contribution in [3.63, 3.8) is 0 Å². The lowest BCUT2D eigenvalue weighted by Crippen LogP contribution is -2.40. The third kappa shape index (κ3) is 7.12. The zero-order valence-corrected chi connectivity index (χ0v) is 19.1. The molecule has 7 nitrogen and oxygen atoms in total. The van der Waals surface area contributed by atoms with Crippen molar-refractivity contribution in [1.29, 1.82) is 0 Å². The summed E-state index contributed by atoms with van der Waals surface area (Å²) >= 11 is 0. The van der Waals surface area contributed by atoms with Crippen LogP contribution in [0, 0.1) is 0 Å². The van der Waals surface area contributed by atoms with Gasteiger partial charge in [-0.25, -0.2) is 4.99 Å². The number of aliphatic imine (C=N–C) groups is 1. The zero-order chi connectivity index (χ0) is 19.8. The fourth-order valence-corrected chi connectivity index (χ4v) is 2.81. The highest BCUT2D eigenvalue weighted by molar-refractivity contribution is 14.0. The number of hydrogen-bond acceptors (Lipinski definition) is 3. The Morgan fingerprint density at radius 2 is 1.86 bits per heavy atom. The van der Waals surface area contributed by atoms with Crippen LogP contribution >= 0.6 is 24.0 Å². The normalized spacial score (nSPS) is 11.2. The van der Waals surface area contributed by atoms with E-state index >= 15 is 0 Å². The molecule has 29 heavy (non-hydrogen) atoms. The Labute approximate surface area is 188 Å². The number of nitrogens with zero attached hydrogens (tertiary/aromatic N) is 2.